The molecule has 0 aliphatic heterocycles. The predicted molar refractivity (Wildman–Crippen MR) is 128 cm³/mol. The second-order valence-corrected chi connectivity index (χ2v) is 8.76. The van der Waals surface area contributed by atoms with E-state index in [1.54, 1.807) is 0 Å². The smallest absolute Gasteiger partial charge is 0.0181 e. The highest BCUT2D eigenvalue weighted by atomic mass is 79.9. The first-order valence-corrected chi connectivity index (χ1v) is 10.7. The number of halogens is 2. The first-order chi connectivity index (χ1) is 13.7. The highest BCUT2D eigenvalue weighted by molar-refractivity contribution is 9.10. The van der Waals surface area contributed by atoms with Crippen molar-refractivity contribution in [3.63, 3.8) is 0 Å². The van der Waals surface area contributed by atoms with Crippen molar-refractivity contribution < 1.29 is 0 Å². The summed E-state index contributed by atoms with van der Waals surface area (Å²) in [4.78, 5) is 0. The molecule has 0 aliphatic carbocycles. The van der Waals surface area contributed by atoms with E-state index >= 15 is 0 Å². The van der Waals surface area contributed by atoms with E-state index in [1.165, 1.54) is 43.8 Å². The zero-order valence-electron chi connectivity index (χ0n) is 15.0. The Bertz CT molecular complexity index is 1230. The minimum Gasteiger partial charge on any atom is -0.0610 e. The van der Waals surface area contributed by atoms with E-state index in [-0.39, 0.29) is 0 Å². The Morgan fingerprint density at radius 2 is 0.857 bits per heavy atom. The Hall–Kier alpha value is -2.42. The Morgan fingerprint density at radius 1 is 0.429 bits per heavy atom. The fourth-order valence-electron chi connectivity index (χ4n) is 3.87. The molecular weight excluding hydrogens is 472 g/mol. The summed E-state index contributed by atoms with van der Waals surface area (Å²) in [6.45, 7) is 0. The van der Waals surface area contributed by atoms with Crippen molar-refractivity contribution in [3.8, 4) is 22.3 Å². The molecule has 0 unspecified atom stereocenters. The summed E-state index contributed by atoms with van der Waals surface area (Å²) in [6.07, 6.45) is 0. The van der Waals surface area contributed by atoms with Crippen molar-refractivity contribution in [3.05, 3.63) is 106 Å². The number of hydrogen-bond donors (Lipinski definition) is 0. The zero-order valence-corrected chi connectivity index (χ0v) is 18.2. The van der Waals surface area contributed by atoms with Crippen LogP contribution in [0.25, 0.3) is 43.8 Å². The lowest BCUT2D eigenvalue weighted by atomic mass is 9.92. The average Bonchev–Trinajstić information content (AvgIpc) is 2.71. The molecule has 0 saturated carbocycles. The van der Waals surface area contributed by atoms with Crippen molar-refractivity contribution in [1.82, 2.24) is 0 Å². The van der Waals surface area contributed by atoms with Crippen LogP contribution >= 0.6 is 31.9 Å². The molecule has 134 valence electrons. The monoisotopic (exact) mass is 486 g/mol. The molecule has 0 spiro atoms. The molecule has 0 atom stereocenters. The van der Waals surface area contributed by atoms with Crippen molar-refractivity contribution in [2.75, 3.05) is 0 Å². The standard InChI is InChI=1S/C26H16Br2/c27-21-9-1-5-17(13-21)23-11-3-7-19-16-26-20(15-25(19)23)8-4-12-24(26)18-6-2-10-22(28)14-18/h1-16H. The van der Waals surface area contributed by atoms with E-state index in [1.807, 2.05) is 0 Å². The molecule has 0 fully saturated rings. The molecule has 0 heterocycles. The van der Waals surface area contributed by atoms with Crippen LogP contribution < -0.4 is 0 Å². The van der Waals surface area contributed by atoms with Crippen molar-refractivity contribution in [2.24, 2.45) is 0 Å². The molecule has 5 aromatic rings. The third-order valence-corrected chi connectivity index (χ3v) is 6.14. The van der Waals surface area contributed by atoms with Gasteiger partial charge in [-0.15, -0.1) is 0 Å². The number of benzene rings is 5. The van der Waals surface area contributed by atoms with Gasteiger partial charge in [-0.05, 0) is 80.2 Å². The number of rotatable bonds is 2. The molecule has 0 saturated heterocycles. The summed E-state index contributed by atoms with van der Waals surface area (Å²) >= 11 is 7.20. The molecule has 5 aromatic carbocycles. The van der Waals surface area contributed by atoms with Gasteiger partial charge in [0.2, 0.25) is 0 Å². The van der Waals surface area contributed by atoms with Gasteiger partial charge >= 0.3 is 0 Å². The van der Waals surface area contributed by atoms with Gasteiger partial charge < -0.3 is 0 Å². The van der Waals surface area contributed by atoms with E-state index < -0.39 is 0 Å². The van der Waals surface area contributed by atoms with Crippen LogP contribution in [0, 0.1) is 0 Å². The van der Waals surface area contributed by atoms with Crippen LogP contribution in [-0.4, -0.2) is 0 Å². The maximum Gasteiger partial charge on any atom is 0.0181 e. The highest BCUT2D eigenvalue weighted by Gasteiger charge is 2.09. The second kappa shape index (κ2) is 7.20. The molecular formula is C26H16Br2. The van der Waals surface area contributed by atoms with Gasteiger partial charge in [-0.1, -0.05) is 92.5 Å². The van der Waals surface area contributed by atoms with E-state index in [4.69, 9.17) is 0 Å². The van der Waals surface area contributed by atoms with Gasteiger partial charge in [0.15, 0.2) is 0 Å². The Morgan fingerprint density at radius 3 is 1.29 bits per heavy atom. The van der Waals surface area contributed by atoms with Gasteiger partial charge in [-0.2, -0.15) is 0 Å². The second-order valence-electron chi connectivity index (χ2n) is 6.93. The fraction of sp³-hybridized carbons (Fsp3) is 0. The van der Waals surface area contributed by atoms with Gasteiger partial charge in [0.05, 0.1) is 0 Å². The molecule has 0 radical (unpaired) electrons. The third-order valence-electron chi connectivity index (χ3n) is 5.15. The molecule has 5 rings (SSSR count). The van der Waals surface area contributed by atoms with Crippen LogP contribution in [-0.2, 0) is 0 Å². The van der Waals surface area contributed by atoms with Gasteiger partial charge in [-0.25, -0.2) is 0 Å². The zero-order chi connectivity index (χ0) is 19.1. The van der Waals surface area contributed by atoms with Crippen LogP contribution in [0.1, 0.15) is 0 Å². The lowest BCUT2D eigenvalue weighted by Gasteiger charge is -2.12. The molecule has 0 nitrogen and oxygen atoms in total. The van der Waals surface area contributed by atoms with E-state index in [2.05, 4.69) is 129 Å². The quantitative estimate of drug-likeness (QED) is 0.218. The normalized spacial score (nSPS) is 11.2. The highest BCUT2D eigenvalue weighted by Crippen LogP contribution is 2.36. The lowest BCUT2D eigenvalue weighted by Crippen LogP contribution is -1.85. The van der Waals surface area contributed by atoms with Gasteiger partial charge in [0.1, 0.15) is 0 Å². The topological polar surface area (TPSA) is 0 Å². The molecule has 0 N–H and O–H groups in total. The maximum atomic E-state index is 3.60. The maximum absolute atomic E-state index is 3.60. The van der Waals surface area contributed by atoms with E-state index in [9.17, 15) is 0 Å². The summed E-state index contributed by atoms with van der Waals surface area (Å²) in [5.74, 6) is 0. The van der Waals surface area contributed by atoms with Gasteiger partial charge in [-0.3, -0.25) is 0 Å². The Labute approximate surface area is 181 Å². The predicted octanol–water partition coefficient (Wildman–Crippen LogP) is 8.85. The molecule has 28 heavy (non-hydrogen) atoms. The lowest BCUT2D eigenvalue weighted by molar-refractivity contribution is 1.61. The minimum absolute atomic E-state index is 1.10. The first-order valence-electron chi connectivity index (χ1n) is 9.16. The van der Waals surface area contributed by atoms with E-state index in [0.717, 1.165) is 8.95 Å². The summed E-state index contributed by atoms with van der Waals surface area (Å²) in [5.41, 5.74) is 4.96. The molecule has 0 aliphatic rings. The summed E-state index contributed by atoms with van der Waals surface area (Å²) in [7, 11) is 0. The Balaban J connectivity index is 1.79. The van der Waals surface area contributed by atoms with Crippen molar-refractivity contribution in [1.29, 1.82) is 0 Å². The molecule has 2 heteroatoms. The molecule has 0 aromatic heterocycles. The third kappa shape index (κ3) is 3.17. The minimum atomic E-state index is 1.10. The summed E-state index contributed by atoms with van der Waals surface area (Å²) in [6, 6.07) is 34.7. The number of hydrogen-bond acceptors (Lipinski definition) is 0. The van der Waals surface area contributed by atoms with Crippen LogP contribution in [0.15, 0.2) is 106 Å². The average molecular weight is 488 g/mol. The van der Waals surface area contributed by atoms with Crippen LogP contribution in [0.5, 0.6) is 0 Å². The summed E-state index contributed by atoms with van der Waals surface area (Å²) < 4.78 is 2.19. The van der Waals surface area contributed by atoms with Crippen LogP contribution in [0.3, 0.4) is 0 Å². The fourth-order valence-corrected chi connectivity index (χ4v) is 4.66. The first kappa shape index (κ1) is 17.7. The number of fused-ring (bicyclic) bond motifs is 2. The summed E-state index contributed by atoms with van der Waals surface area (Å²) in [5, 5.41) is 5.07. The Kier molecular flexibility index (Phi) is 4.54. The largest absolute Gasteiger partial charge is 0.0610 e. The van der Waals surface area contributed by atoms with Gasteiger partial charge in [0.25, 0.3) is 0 Å². The van der Waals surface area contributed by atoms with Gasteiger partial charge in [0, 0.05) is 8.95 Å². The van der Waals surface area contributed by atoms with Crippen molar-refractivity contribution in [2.45, 2.75) is 0 Å². The molecule has 0 bridgehead atoms. The van der Waals surface area contributed by atoms with E-state index in [0.29, 0.717) is 0 Å². The van der Waals surface area contributed by atoms with Crippen LogP contribution in [0.4, 0.5) is 0 Å². The van der Waals surface area contributed by atoms with Crippen LogP contribution in [0.2, 0.25) is 0 Å². The molecule has 0 amide bonds. The van der Waals surface area contributed by atoms with Crippen molar-refractivity contribution >= 4 is 53.4 Å². The SMILES string of the molecule is Brc1cccc(-c2cccc3cc4c(-c5cccc(Br)c5)cccc4cc23)c1.